The summed E-state index contributed by atoms with van der Waals surface area (Å²) in [5, 5.41) is 1.26. The largest absolute Gasteiger partial charge is 0.237 e. The van der Waals surface area contributed by atoms with Crippen molar-refractivity contribution in [1.82, 2.24) is 4.31 Å². The summed E-state index contributed by atoms with van der Waals surface area (Å²) in [4.78, 5) is 0. The highest BCUT2D eigenvalue weighted by atomic mass is 35.5. The zero-order valence-corrected chi connectivity index (χ0v) is 10.1. The first-order valence-electron chi connectivity index (χ1n) is 4.28. The van der Waals surface area contributed by atoms with Crippen LogP contribution in [-0.4, -0.2) is 26.8 Å². The molecule has 1 rings (SSSR count). The van der Waals surface area contributed by atoms with Crippen LogP contribution in [0.25, 0.3) is 5.03 Å². The topological polar surface area (TPSA) is 37.4 Å². The average Bonchev–Trinajstić information content (AvgIpc) is 2.18. The minimum atomic E-state index is -3.41. The third-order valence-corrected chi connectivity index (χ3v) is 3.82. The summed E-state index contributed by atoms with van der Waals surface area (Å²) in [7, 11) is -0.488. The number of halogens is 1. The van der Waals surface area contributed by atoms with Gasteiger partial charge < -0.3 is 0 Å². The number of benzene rings is 1. The van der Waals surface area contributed by atoms with Gasteiger partial charge in [-0.1, -0.05) is 41.9 Å². The Kier molecular flexibility index (Phi) is 3.90. The van der Waals surface area contributed by atoms with E-state index in [-0.39, 0.29) is 5.03 Å². The van der Waals surface area contributed by atoms with Crippen molar-refractivity contribution in [2.75, 3.05) is 14.1 Å². The summed E-state index contributed by atoms with van der Waals surface area (Å²) < 4.78 is 24.1. The normalized spacial score (nSPS) is 13.2. The van der Waals surface area contributed by atoms with Crippen LogP contribution in [0, 0.1) is 0 Å². The molecule has 0 spiro atoms. The monoisotopic (exact) mass is 245 g/mol. The van der Waals surface area contributed by atoms with E-state index < -0.39 is 10.0 Å². The lowest BCUT2D eigenvalue weighted by atomic mass is 10.2. The number of sulfonamides is 1. The van der Waals surface area contributed by atoms with E-state index in [1.165, 1.54) is 14.1 Å². The van der Waals surface area contributed by atoms with Crippen molar-refractivity contribution in [1.29, 1.82) is 0 Å². The zero-order chi connectivity index (χ0) is 11.5. The molecule has 3 nitrogen and oxygen atoms in total. The van der Waals surface area contributed by atoms with E-state index in [0.717, 1.165) is 9.71 Å². The molecule has 0 fully saturated rings. The second-order valence-corrected chi connectivity index (χ2v) is 5.56. The molecule has 82 valence electrons. The lowest BCUT2D eigenvalue weighted by molar-refractivity contribution is 0.531. The molecule has 0 bridgehead atoms. The second-order valence-electron chi connectivity index (χ2n) is 3.16. The highest BCUT2D eigenvalue weighted by Crippen LogP contribution is 2.20. The Morgan fingerprint density at radius 3 is 2.27 bits per heavy atom. The molecule has 0 aromatic heterocycles. The van der Waals surface area contributed by atoms with Gasteiger partial charge in [-0.25, -0.2) is 12.7 Å². The molecule has 0 aliphatic carbocycles. The van der Waals surface area contributed by atoms with Crippen LogP contribution in [0.15, 0.2) is 35.7 Å². The first-order chi connectivity index (χ1) is 6.93. The second kappa shape index (κ2) is 4.79. The Labute approximate surface area is 95.0 Å². The van der Waals surface area contributed by atoms with Crippen LogP contribution in [0.1, 0.15) is 5.56 Å². The molecule has 0 amide bonds. The SMILES string of the molecule is CN(C)S(=O)(=O)C=C(Cl)c1ccccc1. The lowest BCUT2D eigenvalue weighted by Crippen LogP contribution is -2.19. The van der Waals surface area contributed by atoms with E-state index in [9.17, 15) is 8.42 Å². The van der Waals surface area contributed by atoms with Crippen molar-refractivity contribution in [2.24, 2.45) is 0 Å². The molecule has 0 saturated carbocycles. The summed E-state index contributed by atoms with van der Waals surface area (Å²) in [5.41, 5.74) is 0.685. The third kappa shape index (κ3) is 3.34. The Morgan fingerprint density at radius 2 is 1.80 bits per heavy atom. The van der Waals surface area contributed by atoms with Gasteiger partial charge in [0.2, 0.25) is 10.0 Å². The van der Waals surface area contributed by atoms with Gasteiger partial charge in [0.15, 0.2) is 0 Å². The van der Waals surface area contributed by atoms with Crippen LogP contribution >= 0.6 is 11.6 Å². The van der Waals surface area contributed by atoms with Crippen LogP contribution in [0.4, 0.5) is 0 Å². The predicted molar refractivity (Wildman–Crippen MR) is 62.9 cm³/mol. The highest BCUT2D eigenvalue weighted by Gasteiger charge is 2.11. The summed E-state index contributed by atoms with van der Waals surface area (Å²) in [6.07, 6.45) is 0. The summed E-state index contributed by atoms with van der Waals surface area (Å²) >= 11 is 5.89. The molecule has 0 saturated heterocycles. The first-order valence-corrected chi connectivity index (χ1v) is 6.17. The van der Waals surface area contributed by atoms with Crippen molar-refractivity contribution >= 4 is 26.7 Å². The van der Waals surface area contributed by atoms with Crippen molar-refractivity contribution in [3.05, 3.63) is 41.3 Å². The van der Waals surface area contributed by atoms with E-state index in [1.54, 1.807) is 24.3 Å². The quantitative estimate of drug-likeness (QED) is 0.818. The Hall–Kier alpha value is -0.840. The van der Waals surface area contributed by atoms with E-state index in [4.69, 9.17) is 11.6 Å². The minimum Gasteiger partial charge on any atom is -0.207 e. The third-order valence-electron chi connectivity index (χ3n) is 1.81. The molecule has 0 aliphatic heterocycles. The molecule has 0 heterocycles. The Balaban J connectivity index is 3.06. The van der Waals surface area contributed by atoms with Gasteiger partial charge >= 0.3 is 0 Å². The van der Waals surface area contributed by atoms with E-state index in [2.05, 4.69) is 0 Å². The van der Waals surface area contributed by atoms with Crippen molar-refractivity contribution < 1.29 is 8.42 Å². The minimum absolute atomic E-state index is 0.212. The van der Waals surface area contributed by atoms with Crippen LogP contribution in [-0.2, 0) is 10.0 Å². The fourth-order valence-corrected chi connectivity index (χ4v) is 1.97. The molecule has 0 atom stereocenters. The lowest BCUT2D eigenvalue weighted by Gasteiger charge is -2.07. The van der Waals surface area contributed by atoms with Crippen LogP contribution in [0.5, 0.6) is 0 Å². The fraction of sp³-hybridized carbons (Fsp3) is 0.200. The highest BCUT2D eigenvalue weighted by molar-refractivity contribution is 7.92. The number of hydrogen-bond acceptors (Lipinski definition) is 2. The number of nitrogens with zero attached hydrogens (tertiary/aromatic N) is 1. The Morgan fingerprint density at radius 1 is 1.27 bits per heavy atom. The standard InChI is InChI=1S/C10H12ClNO2S/c1-12(2)15(13,14)8-10(11)9-6-4-3-5-7-9/h3-8H,1-2H3. The molecule has 15 heavy (non-hydrogen) atoms. The maximum atomic E-state index is 11.5. The van der Waals surface area contributed by atoms with Gasteiger partial charge in [-0.15, -0.1) is 0 Å². The predicted octanol–water partition coefficient (Wildman–Crippen LogP) is 2.12. The Bertz CT molecular complexity index is 452. The molecule has 1 aromatic rings. The maximum absolute atomic E-state index is 11.5. The average molecular weight is 246 g/mol. The molecule has 0 aliphatic rings. The molecular weight excluding hydrogens is 234 g/mol. The molecule has 5 heteroatoms. The number of rotatable bonds is 3. The molecule has 0 radical (unpaired) electrons. The number of hydrogen-bond donors (Lipinski definition) is 0. The van der Waals surface area contributed by atoms with Crippen LogP contribution < -0.4 is 0 Å². The molecule has 1 aromatic carbocycles. The van der Waals surface area contributed by atoms with Crippen LogP contribution in [0.2, 0.25) is 0 Å². The summed E-state index contributed by atoms with van der Waals surface area (Å²) in [6, 6.07) is 8.95. The van der Waals surface area contributed by atoms with E-state index in [0.29, 0.717) is 5.56 Å². The molecule has 0 N–H and O–H groups in total. The van der Waals surface area contributed by atoms with Gasteiger partial charge in [-0.05, 0) is 5.56 Å². The van der Waals surface area contributed by atoms with Crippen LogP contribution in [0.3, 0.4) is 0 Å². The fourth-order valence-electron chi connectivity index (χ4n) is 0.902. The van der Waals surface area contributed by atoms with E-state index >= 15 is 0 Å². The van der Waals surface area contributed by atoms with Gasteiger partial charge in [0, 0.05) is 14.1 Å². The van der Waals surface area contributed by atoms with Crippen molar-refractivity contribution in [3.63, 3.8) is 0 Å². The van der Waals surface area contributed by atoms with Crippen molar-refractivity contribution in [2.45, 2.75) is 0 Å². The molecule has 0 unspecified atom stereocenters. The van der Waals surface area contributed by atoms with Gasteiger partial charge in [0.05, 0.1) is 10.4 Å². The molecular formula is C10H12ClNO2S. The van der Waals surface area contributed by atoms with Gasteiger partial charge in [0.25, 0.3) is 0 Å². The smallest absolute Gasteiger partial charge is 0.207 e. The first kappa shape index (κ1) is 12.2. The summed E-state index contributed by atoms with van der Waals surface area (Å²) in [5.74, 6) is 0. The van der Waals surface area contributed by atoms with Gasteiger partial charge in [-0.2, -0.15) is 0 Å². The van der Waals surface area contributed by atoms with Gasteiger partial charge in [-0.3, -0.25) is 0 Å². The maximum Gasteiger partial charge on any atom is 0.237 e. The van der Waals surface area contributed by atoms with Gasteiger partial charge in [0.1, 0.15) is 0 Å². The van der Waals surface area contributed by atoms with Crippen molar-refractivity contribution in [3.8, 4) is 0 Å². The zero-order valence-electron chi connectivity index (χ0n) is 8.51. The summed E-state index contributed by atoms with van der Waals surface area (Å²) in [6.45, 7) is 0. The van der Waals surface area contributed by atoms with E-state index in [1.807, 2.05) is 6.07 Å².